The summed E-state index contributed by atoms with van der Waals surface area (Å²) in [4.78, 5) is 4.33. The Morgan fingerprint density at radius 1 is 1.50 bits per heavy atom. The average Bonchev–Trinajstić information content (AvgIpc) is 2.59. The van der Waals surface area contributed by atoms with Crippen LogP contribution in [0, 0.1) is 0 Å². The maximum absolute atomic E-state index is 6.09. The Morgan fingerprint density at radius 2 is 2.36 bits per heavy atom. The minimum absolute atomic E-state index is 0.714. The fraction of sp³-hybridized carbons (Fsp3) is 0.300. The molecule has 2 heterocycles. The van der Waals surface area contributed by atoms with E-state index in [0.29, 0.717) is 5.15 Å². The lowest BCUT2D eigenvalue weighted by atomic mass is 10.4. The minimum Gasteiger partial charge on any atom is -0.319 e. The van der Waals surface area contributed by atoms with Crippen LogP contribution in [0.15, 0.2) is 24.4 Å². The Kier molecular flexibility index (Phi) is 2.70. The van der Waals surface area contributed by atoms with E-state index in [0.717, 1.165) is 24.3 Å². The second-order valence-corrected chi connectivity index (χ2v) is 3.52. The molecule has 0 fully saturated rings. The van der Waals surface area contributed by atoms with E-state index >= 15 is 0 Å². The molecular formula is C10H12ClN3. The molecule has 0 amide bonds. The number of pyridine rings is 1. The van der Waals surface area contributed by atoms with Gasteiger partial charge < -0.3 is 5.32 Å². The molecule has 0 radical (unpaired) electrons. The van der Waals surface area contributed by atoms with E-state index < -0.39 is 0 Å². The van der Waals surface area contributed by atoms with Crippen molar-refractivity contribution < 1.29 is 0 Å². The van der Waals surface area contributed by atoms with E-state index in [1.54, 1.807) is 0 Å². The van der Waals surface area contributed by atoms with Crippen molar-refractivity contribution in [1.29, 1.82) is 0 Å². The van der Waals surface area contributed by atoms with Crippen molar-refractivity contribution in [2.75, 3.05) is 13.6 Å². The topological polar surface area (TPSA) is 29.3 Å². The normalized spacial score (nSPS) is 11.0. The molecule has 3 nitrogen and oxygen atoms in total. The predicted octanol–water partition coefficient (Wildman–Crippen LogP) is 1.75. The number of rotatable bonds is 3. The van der Waals surface area contributed by atoms with Crippen LogP contribution in [0.4, 0.5) is 0 Å². The minimum atomic E-state index is 0.714. The molecule has 0 atom stereocenters. The van der Waals surface area contributed by atoms with Gasteiger partial charge in [0.2, 0.25) is 0 Å². The van der Waals surface area contributed by atoms with Gasteiger partial charge in [-0.2, -0.15) is 0 Å². The largest absolute Gasteiger partial charge is 0.319 e. The molecule has 0 aliphatic carbocycles. The fourth-order valence-electron chi connectivity index (χ4n) is 1.48. The average molecular weight is 210 g/mol. The van der Waals surface area contributed by atoms with Crippen LogP contribution < -0.4 is 5.32 Å². The van der Waals surface area contributed by atoms with Crippen LogP contribution in [0.2, 0.25) is 5.15 Å². The molecule has 0 saturated heterocycles. The highest BCUT2D eigenvalue weighted by molar-refractivity contribution is 6.29. The van der Waals surface area contributed by atoms with Gasteiger partial charge in [0, 0.05) is 13.0 Å². The zero-order chi connectivity index (χ0) is 9.97. The number of nitrogens with zero attached hydrogens (tertiary/aromatic N) is 2. The molecule has 0 bridgehead atoms. The molecule has 4 heteroatoms. The zero-order valence-corrected chi connectivity index (χ0v) is 8.75. The Balaban J connectivity index is 2.45. The number of halogens is 1. The summed E-state index contributed by atoms with van der Waals surface area (Å²) in [5.74, 6) is 1.000. The molecule has 14 heavy (non-hydrogen) atoms. The number of imidazole rings is 1. The number of nitrogens with one attached hydrogen (secondary N) is 1. The van der Waals surface area contributed by atoms with Crippen LogP contribution in [0.5, 0.6) is 0 Å². The third kappa shape index (κ3) is 1.61. The molecule has 2 aromatic rings. The molecule has 1 N–H and O–H groups in total. The summed E-state index contributed by atoms with van der Waals surface area (Å²) < 4.78 is 1.97. The van der Waals surface area contributed by atoms with Crippen LogP contribution in [0.3, 0.4) is 0 Å². The Morgan fingerprint density at radius 3 is 3.14 bits per heavy atom. The molecule has 0 aliphatic heterocycles. The van der Waals surface area contributed by atoms with Crippen LogP contribution in [-0.2, 0) is 6.42 Å². The molecule has 74 valence electrons. The number of aromatic nitrogens is 2. The number of hydrogen-bond donors (Lipinski definition) is 1. The fourth-order valence-corrected chi connectivity index (χ4v) is 1.75. The highest BCUT2D eigenvalue weighted by Crippen LogP contribution is 2.15. The number of likely N-dealkylation sites (N-methyl/N-ethyl adjacent to an activating group) is 1. The lowest BCUT2D eigenvalue weighted by Crippen LogP contribution is -2.12. The lowest BCUT2D eigenvalue weighted by molar-refractivity contribution is 0.753. The molecule has 2 aromatic heterocycles. The van der Waals surface area contributed by atoms with E-state index in [4.69, 9.17) is 11.6 Å². The maximum Gasteiger partial charge on any atom is 0.115 e. The summed E-state index contributed by atoms with van der Waals surface area (Å²) in [6, 6.07) is 5.81. The highest BCUT2D eigenvalue weighted by Gasteiger charge is 2.04. The first kappa shape index (κ1) is 9.49. The van der Waals surface area contributed by atoms with Gasteiger partial charge in [0.15, 0.2) is 0 Å². The second-order valence-electron chi connectivity index (χ2n) is 3.14. The van der Waals surface area contributed by atoms with E-state index in [9.17, 15) is 0 Å². The molecular weight excluding hydrogens is 198 g/mol. The standard InChI is InChI=1S/C10H12ClN3/c1-12-6-5-10-13-7-8-3-2-4-9(11)14(8)10/h2-4,7,12H,5-6H2,1H3. The van der Waals surface area contributed by atoms with Crippen LogP contribution in [0.25, 0.3) is 5.52 Å². The summed E-state index contributed by atoms with van der Waals surface area (Å²) in [6.07, 6.45) is 2.73. The van der Waals surface area contributed by atoms with Crippen molar-refractivity contribution in [2.24, 2.45) is 0 Å². The van der Waals surface area contributed by atoms with E-state index in [1.807, 2.05) is 35.8 Å². The zero-order valence-electron chi connectivity index (χ0n) is 8.00. The molecule has 0 unspecified atom stereocenters. The summed E-state index contributed by atoms with van der Waals surface area (Å²) >= 11 is 6.09. The van der Waals surface area contributed by atoms with Crippen molar-refractivity contribution in [1.82, 2.24) is 14.7 Å². The van der Waals surface area contributed by atoms with Gasteiger partial charge in [0.25, 0.3) is 0 Å². The lowest BCUT2D eigenvalue weighted by Gasteiger charge is -2.02. The monoisotopic (exact) mass is 209 g/mol. The molecule has 0 saturated carbocycles. The van der Waals surface area contributed by atoms with Crippen molar-refractivity contribution in [3.63, 3.8) is 0 Å². The van der Waals surface area contributed by atoms with Gasteiger partial charge in [-0.15, -0.1) is 0 Å². The first-order valence-corrected chi connectivity index (χ1v) is 4.96. The number of hydrogen-bond acceptors (Lipinski definition) is 2. The van der Waals surface area contributed by atoms with E-state index in [-0.39, 0.29) is 0 Å². The maximum atomic E-state index is 6.09. The summed E-state index contributed by atoms with van der Waals surface area (Å²) in [5.41, 5.74) is 1.05. The quantitative estimate of drug-likeness (QED) is 0.781. The summed E-state index contributed by atoms with van der Waals surface area (Å²) in [6.45, 7) is 0.907. The Bertz CT molecular complexity index is 436. The van der Waals surface area contributed by atoms with E-state index in [2.05, 4.69) is 10.3 Å². The highest BCUT2D eigenvalue weighted by atomic mass is 35.5. The molecule has 0 aliphatic rings. The van der Waals surface area contributed by atoms with Gasteiger partial charge >= 0.3 is 0 Å². The number of fused-ring (bicyclic) bond motifs is 1. The first-order chi connectivity index (χ1) is 6.83. The third-order valence-corrected chi connectivity index (χ3v) is 2.47. The van der Waals surface area contributed by atoms with Gasteiger partial charge in [-0.3, -0.25) is 4.40 Å². The smallest absolute Gasteiger partial charge is 0.115 e. The van der Waals surface area contributed by atoms with Gasteiger partial charge in [-0.1, -0.05) is 17.7 Å². The van der Waals surface area contributed by atoms with Crippen molar-refractivity contribution in [3.05, 3.63) is 35.4 Å². The summed E-state index contributed by atoms with van der Waals surface area (Å²) in [5, 5.41) is 3.81. The predicted molar refractivity (Wildman–Crippen MR) is 57.8 cm³/mol. The van der Waals surface area contributed by atoms with Crippen LogP contribution >= 0.6 is 11.6 Å². The molecule has 0 aromatic carbocycles. The van der Waals surface area contributed by atoms with Crippen LogP contribution in [-0.4, -0.2) is 23.0 Å². The van der Waals surface area contributed by atoms with Gasteiger partial charge in [0.05, 0.1) is 11.7 Å². The van der Waals surface area contributed by atoms with Crippen molar-refractivity contribution >= 4 is 17.1 Å². The van der Waals surface area contributed by atoms with E-state index in [1.165, 1.54) is 0 Å². The van der Waals surface area contributed by atoms with Crippen molar-refractivity contribution in [3.8, 4) is 0 Å². The second kappa shape index (κ2) is 3.98. The Labute approximate surface area is 87.7 Å². The SMILES string of the molecule is CNCCc1ncc2cccc(Cl)n12. The summed E-state index contributed by atoms with van der Waals surface area (Å²) in [7, 11) is 1.93. The first-order valence-electron chi connectivity index (χ1n) is 4.58. The van der Waals surface area contributed by atoms with Gasteiger partial charge in [-0.25, -0.2) is 4.98 Å². The van der Waals surface area contributed by atoms with Gasteiger partial charge in [-0.05, 0) is 19.2 Å². The molecule has 0 spiro atoms. The van der Waals surface area contributed by atoms with Crippen LogP contribution in [0.1, 0.15) is 5.82 Å². The van der Waals surface area contributed by atoms with Gasteiger partial charge in [0.1, 0.15) is 11.0 Å². The Hall–Kier alpha value is -1.06. The third-order valence-electron chi connectivity index (χ3n) is 2.18. The molecule has 2 rings (SSSR count). The van der Waals surface area contributed by atoms with Crippen molar-refractivity contribution in [2.45, 2.75) is 6.42 Å².